The number of nitrogens with one attached hydrogen (secondary N) is 1. The van der Waals surface area contributed by atoms with Crippen molar-refractivity contribution in [3.8, 4) is 0 Å². The lowest BCUT2D eigenvalue weighted by molar-refractivity contribution is 0.0952. The number of amides is 1. The summed E-state index contributed by atoms with van der Waals surface area (Å²) in [5.74, 6) is 2.23. The van der Waals surface area contributed by atoms with Gasteiger partial charge in [-0.2, -0.15) is 0 Å². The van der Waals surface area contributed by atoms with Gasteiger partial charge in [-0.05, 0) is 31.4 Å². The number of aromatic nitrogens is 3. The molecule has 0 aromatic carbocycles. The van der Waals surface area contributed by atoms with Crippen LogP contribution >= 0.6 is 0 Å². The molecule has 3 rings (SSSR count). The summed E-state index contributed by atoms with van der Waals surface area (Å²) in [6.45, 7) is 7.30. The Bertz CT molecular complexity index is 733. The Morgan fingerprint density at radius 3 is 2.74 bits per heavy atom. The number of hydrogen-bond donors (Lipinski definition) is 2. The zero-order chi connectivity index (χ0) is 19.2. The van der Waals surface area contributed by atoms with Gasteiger partial charge in [-0.25, -0.2) is 9.97 Å². The Labute approximate surface area is 160 Å². The highest BCUT2D eigenvalue weighted by Crippen LogP contribution is 2.18. The van der Waals surface area contributed by atoms with Crippen LogP contribution in [0.25, 0.3) is 0 Å². The van der Waals surface area contributed by atoms with Gasteiger partial charge in [0.1, 0.15) is 11.6 Å². The Kier molecular flexibility index (Phi) is 6.45. The predicted octanol–water partition coefficient (Wildman–Crippen LogP) is 2.18. The van der Waals surface area contributed by atoms with Crippen LogP contribution in [0.2, 0.25) is 0 Å². The fourth-order valence-corrected chi connectivity index (χ4v) is 3.37. The maximum Gasteiger partial charge on any atom is 0.252 e. The second-order valence-corrected chi connectivity index (χ2v) is 7.37. The second kappa shape index (κ2) is 8.99. The first-order valence-electron chi connectivity index (χ1n) is 9.73. The molecule has 0 unspecified atom stereocenters. The van der Waals surface area contributed by atoms with Crippen molar-refractivity contribution in [2.45, 2.75) is 51.7 Å². The predicted molar refractivity (Wildman–Crippen MR) is 105 cm³/mol. The van der Waals surface area contributed by atoms with Crippen LogP contribution in [0.4, 0.5) is 5.82 Å². The van der Waals surface area contributed by atoms with E-state index in [2.05, 4.69) is 38.6 Å². The molecule has 7 nitrogen and oxygen atoms in total. The van der Waals surface area contributed by atoms with Gasteiger partial charge < -0.3 is 19.9 Å². The molecule has 3 heterocycles. The zero-order valence-corrected chi connectivity index (χ0v) is 16.1. The van der Waals surface area contributed by atoms with Crippen LogP contribution in [0, 0.1) is 0 Å². The van der Waals surface area contributed by atoms with Crippen molar-refractivity contribution in [1.82, 2.24) is 19.9 Å². The Hall–Kier alpha value is -2.41. The molecule has 1 aliphatic rings. The van der Waals surface area contributed by atoms with Gasteiger partial charge in [-0.1, -0.05) is 13.8 Å². The molecule has 0 aliphatic carbocycles. The summed E-state index contributed by atoms with van der Waals surface area (Å²) in [7, 11) is 0. The molecule has 146 valence electrons. The van der Waals surface area contributed by atoms with E-state index in [9.17, 15) is 9.90 Å². The van der Waals surface area contributed by atoms with E-state index in [-0.39, 0.29) is 12.0 Å². The highest BCUT2D eigenvalue weighted by molar-refractivity contribution is 5.94. The zero-order valence-electron chi connectivity index (χ0n) is 16.1. The van der Waals surface area contributed by atoms with Gasteiger partial charge in [0.15, 0.2) is 0 Å². The minimum absolute atomic E-state index is 0.0992. The van der Waals surface area contributed by atoms with Crippen molar-refractivity contribution < 1.29 is 9.90 Å². The van der Waals surface area contributed by atoms with Crippen LogP contribution < -0.4 is 10.2 Å². The third kappa shape index (κ3) is 5.07. The fourth-order valence-electron chi connectivity index (χ4n) is 3.37. The second-order valence-electron chi connectivity index (χ2n) is 7.37. The van der Waals surface area contributed by atoms with E-state index in [1.165, 1.54) is 0 Å². The van der Waals surface area contributed by atoms with Gasteiger partial charge in [0, 0.05) is 50.7 Å². The number of anilines is 1. The first-order valence-corrected chi connectivity index (χ1v) is 9.73. The number of carbonyl (C=O) groups is 1. The molecule has 1 fully saturated rings. The minimum atomic E-state index is -0.203. The number of hydrogen-bond acceptors (Lipinski definition) is 5. The van der Waals surface area contributed by atoms with E-state index in [1.807, 2.05) is 24.5 Å². The summed E-state index contributed by atoms with van der Waals surface area (Å²) in [6.07, 6.45) is 7.61. The molecule has 2 N–H and O–H groups in total. The summed E-state index contributed by atoms with van der Waals surface area (Å²) < 4.78 is 2.14. The number of rotatable bonds is 7. The molecule has 1 saturated heterocycles. The summed E-state index contributed by atoms with van der Waals surface area (Å²) >= 11 is 0. The number of imidazole rings is 1. The van der Waals surface area contributed by atoms with Crippen molar-refractivity contribution in [1.29, 1.82) is 0 Å². The van der Waals surface area contributed by atoms with Crippen molar-refractivity contribution in [3.05, 3.63) is 42.1 Å². The molecule has 0 atom stereocenters. The van der Waals surface area contributed by atoms with Crippen molar-refractivity contribution in [2.75, 3.05) is 24.5 Å². The molecule has 0 bridgehead atoms. The standard InChI is InChI=1S/C20H29N5O2/c1-15(2)19-21-9-13-25(19)10-3-8-22-20(27)16-4-5-18(23-14-16)24-11-6-17(26)7-12-24/h4-5,9,13-15,17,26H,3,6-8,10-12H2,1-2H3,(H,22,27). The van der Waals surface area contributed by atoms with E-state index < -0.39 is 0 Å². The average Bonchev–Trinajstić information content (AvgIpc) is 3.15. The smallest absolute Gasteiger partial charge is 0.252 e. The maximum absolute atomic E-state index is 12.3. The number of piperidine rings is 1. The average molecular weight is 371 g/mol. The lowest BCUT2D eigenvalue weighted by atomic mass is 10.1. The largest absolute Gasteiger partial charge is 0.393 e. The van der Waals surface area contributed by atoms with Crippen LogP contribution in [0.15, 0.2) is 30.7 Å². The molecule has 2 aromatic heterocycles. The Morgan fingerprint density at radius 1 is 1.30 bits per heavy atom. The van der Waals surface area contributed by atoms with Crippen LogP contribution in [0.1, 0.15) is 55.2 Å². The number of aryl methyl sites for hydroxylation is 1. The molecular formula is C20H29N5O2. The Morgan fingerprint density at radius 2 is 2.07 bits per heavy atom. The first kappa shape index (κ1) is 19.4. The quantitative estimate of drug-likeness (QED) is 0.729. The Balaban J connectivity index is 1.45. The normalized spacial score (nSPS) is 15.3. The SMILES string of the molecule is CC(C)c1nccn1CCCNC(=O)c1ccc(N2CCC(O)CC2)nc1. The molecule has 2 aromatic rings. The molecule has 7 heteroatoms. The molecule has 0 saturated carbocycles. The number of carbonyl (C=O) groups excluding carboxylic acids is 1. The molecule has 0 radical (unpaired) electrons. The minimum Gasteiger partial charge on any atom is -0.393 e. The molecule has 0 spiro atoms. The fraction of sp³-hybridized carbons (Fsp3) is 0.550. The lowest BCUT2D eigenvalue weighted by Crippen LogP contribution is -2.36. The summed E-state index contributed by atoms with van der Waals surface area (Å²) in [6, 6.07) is 3.70. The van der Waals surface area contributed by atoms with E-state index in [4.69, 9.17) is 0 Å². The third-order valence-electron chi connectivity index (χ3n) is 4.92. The summed E-state index contributed by atoms with van der Waals surface area (Å²) in [5, 5.41) is 12.5. The van der Waals surface area contributed by atoms with Crippen LogP contribution in [0.5, 0.6) is 0 Å². The van der Waals surface area contributed by atoms with Crippen LogP contribution in [-0.2, 0) is 6.54 Å². The van der Waals surface area contributed by atoms with Crippen molar-refractivity contribution >= 4 is 11.7 Å². The van der Waals surface area contributed by atoms with Gasteiger partial charge in [0.25, 0.3) is 5.91 Å². The van der Waals surface area contributed by atoms with E-state index >= 15 is 0 Å². The number of pyridine rings is 1. The molecular weight excluding hydrogens is 342 g/mol. The molecule has 1 aliphatic heterocycles. The number of aliphatic hydroxyl groups excluding tert-OH is 1. The van der Waals surface area contributed by atoms with Gasteiger partial charge in [-0.15, -0.1) is 0 Å². The van der Waals surface area contributed by atoms with Gasteiger partial charge in [-0.3, -0.25) is 4.79 Å². The molecule has 1 amide bonds. The number of aliphatic hydroxyl groups is 1. The van der Waals surface area contributed by atoms with E-state index in [1.54, 1.807) is 6.20 Å². The highest BCUT2D eigenvalue weighted by atomic mass is 16.3. The van der Waals surface area contributed by atoms with Crippen molar-refractivity contribution in [3.63, 3.8) is 0 Å². The maximum atomic E-state index is 12.3. The lowest BCUT2D eigenvalue weighted by Gasteiger charge is -2.30. The van der Waals surface area contributed by atoms with Gasteiger partial charge in [0.2, 0.25) is 0 Å². The summed E-state index contributed by atoms with van der Waals surface area (Å²) in [4.78, 5) is 23.2. The first-order chi connectivity index (χ1) is 13.0. The van der Waals surface area contributed by atoms with E-state index in [0.29, 0.717) is 18.0 Å². The van der Waals surface area contributed by atoms with Crippen LogP contribution in [0.3, 0.4) is 0 Å². The van der Waals surface area contributed by atoms with Gasteiger partial charge >= 0.3 is 0 Å². The van der Waals surface area contributed by atoms with Gasteiger partial charge in [0.05, 0.1) is 11.7 Å². The third-order valence-corrected chi connectivity index (χ3v) is 4.92. The molecule has 27 heavy (non-hydrogen) atoms. The van der Waals surface area contributed by atoms with Crippen LogP contribution in [-0.4, -0.2) is 51.3 Å². The van der Waals surface area contributed by atoms with Crippen molar-refractivity contribution in [2.24, 2.45) is 0 Å². The topological polar surface area (TPSA) is 83.3 Å². The number of nitrogens with zero attached hydrogens (tertiary/aromatic N) is 4. The highest BCUT2D eigenvalue weighted by Gasteiger charge is 2.18. The van der Waals surface area contributed by atoms with E-state index in [0.717, 1.165) is 50.5 Å². The monoisotopic (exact) mass is 371 g/mol. The summed E-state index contributed by atoms with van der Waals surface area (Å²) in [5.41, 5.74) is 0.571.